The van der Waals surface area contributed by atoms with Crippen LogP contribution in [-0.4, -0.2) is 64.1 Å². The van der Waals surface area contributed by atoms with Crippen LogP contribution in [0, 0.1) is 0 Å². The molecule has 0 spiro atoms. The molecule has 184 valence electrons. The smallest absolute Gasteiger partial charge is 0.233 e. The minimum atomic E-state index is 0.121. The molecule has 1 fully saturated rings. The molecule has 4 aromatic rings. The second-order valence-electron chi connectivity index (χ2n) is 8.43. The summed E-state index contributed by atoms with van der Waals surface area (Å²) in [5.41, 5.74) is 3.10. The second-order valence-corrected chi connectivity index (χ2v) is 9.37. The molecule has 5 rings (SSSR count). The van der Waals surface area contributed by atoms with E-state index in [0.29, 0.717) is 17.5 Å². The van der Waals surface area contributed by atoms with Crippen LogP contribution in [0.1, 0.15) is 6.92 Å². The van der Waals surface area contributed by atoms with Gasteiger partial charge in [0, 0.05) is 43.1 Å². The van der Waals surface area contributed by atoms with Crippen molar-refractivity contribution in [3.8, 4) is 22.8 Å². The normalized spacial score (nSPS) is 13.6. The standard InChI is InChI=1S/C28H29N5O2S/c1-2-35-25-15-13-24(14-16-25)33-27(22-9-5-3-6-10-22)29-30-28(33)36-21-26(34)32-19-17-31(18-20-32)23-11-7-4-8-12-23/h3-16H,2,17-21H2,1H3. The number of piperazine rings is 1. The maximum Gasteiger partial charge on any atom is 0.233 e. The fourth-order valence-electron chi connectivity index (χ4n) is 4.30. The molecule has 0 radical (unpaired) electrons. The molecule has 0 unspecified atom stereocenters. The molecule has 0 atom stereocenters. The van der Waals surface area contributed by atoms with Gasteiger partial charge in [-0.2, -0.15) is 0 Å². The summed E-state index contributed by atoms with van der Waals surface area (Å²) >= 11 is 1.42. The van der Waals surface area contributed by atoms with E-state index >= 15 is 0 Å². The second kappa shape index (κ2) is 11.3. The molecule has 36 heavy (non-hydrogen) atoms. The van der Waals surface area contributed by atoms with E-state index in [1.165, 1.54) is 17.4 Å². The Labute approximate surface area is 215 Å². The van der Waals surface area contributed by atoms with Crippen LogP contribution < -0.4 is 9.64 Å². The van der Waals surface area contributed by atoms with Gasteiger partial charge in [0.2, 0.25) is 5.91 Å². The number of benzene rings is 3. The molecule has 1 saturated heterocycles. The van der Waals surface area contributed by atoms with Gasteiger partial charge < -0.3 is 14.5 Å². The van der Waals surface area contributed by atoms with Crippen molar-refractivity contribution in [2.75, 3.05) is 43.4 Å². The third-order valence-corrected chi connectivity index (χ3v) is 7.06. The minimum Gasteiger partial charge on any atom is -0.494 e. The van der Waals surface area contributed by atoms with Crippen LogP contribution in [0.3, 0.4) is 0 Å². The number of thioether (sulfide) groups is 1. The lowest BCUT2D eigenvalue weighted by Gasteiger charge is -2.36. The van der Waals surface area contributed by atoms with Crippen LogP contribution in [0.25, 0.3) is 17.1 Å². The van der Waals surface area contributed by atoms with E-state index in [1.807, 2.05) is 89.2 Å². The fourth-order valence-corrected chi connectivity index (χ4v) is 5.15. The molecule has 1 aromatic heterocycles. The summed E-state index contributed by atoms with van der Waals surface area (Å²) in [7, 11) is 0. The molecular formula is C28H29N5O2S. The Morgan fingerprint density at radius 1 is 0.833 bits per heavy atom. The van der Waals surface area contributed by atoms with Crippen molar-refractivity contribution in [1.29, 1.82) is 0 Å². The predicted octanol–water partition coefficient (Wildman–Crippen LogP) is 4.77. The third-order valence-electron chi connectivity index (χ3n) is 6.15. The van der Waals surface area contributed by atoms with Crippen molar-refractivity contribution in [1.82, 2.24) is 19.7 Å². The quantitative estimate of drug-likeness (QED) is 0.325. The van der Waals surface area contributed by atoms with Crippen molar-refractivity contribution in [2.24, 2.45) is 0 Å². The van der Waals surface area contributed by atoms with Gasteiger partial charge in [0.15, 0.2) is 11.0 Å². The van der Waals surface area contributed by atoms with Crippen molar-refractivity contribution in [2.45, 2.75) is 12.1 Å². The summed E-state index contributed by atoms with van der Waals surface area (Å²) in [6.45, 7) is 5.69. The number of hydrogen-bond acceptors (Lipinski definition) is 6. The molecule has 1 amide bonds. The van der Waals surface area contributed by atoms with E-state index in [2.05, 4.69) is 27.2 Å². The number of amides is 1. The lowest BCUT2D eigenvalue weighted by atomic mass is 10.2. The number of carbonyl (C=O) groups is 1. The summed E-state index contributed by atoms with van der Waals surface area (Å²) in [5.74, 6) is 1.99. The van der Waals surface area contributed by atoms with E-state index in [-0.39, 0.29) is 5.91 Å². The lowest BCUT2D eigenvalue weighted by molar-refractivity contribution is -0.128. The number of anilines is 1. The number of nitrogens with zero attached hydrogens (tertiary/aromatic N) is 5. The van der Waals surface area contributed by atoms with Gasteiger partial charge in [-0.1, -0.05) is 60.3 Å². The lowest BCUT2D eigenvalue weighted by Crippen LogP contribution is -2.49. The topological polar surface area (TPSA) is 63.5 Å². The number of hydrogen-bond donors (Lipinski definition) is 0. The zero-order chi connectivity index (χ0) is 24.7. The van der Waals surface area contributed by atoms with Gasteiger partial charge in [0.05, 0.1) is 12.4 Å². The largest absolute Gasteiger partial charge is 0.494 e. The number of rotatable bonds is 8. The molecule has 2 heterocycles. The average molecular weight is 500 g/mol. The molecule has 8 heteroatoms. The van der Waals surface area contributed by atoms with Crippen LogP contribution in [0.15, 0.2) is 90.1 Å². The Morgan fingerprint density at radius 3 is 2.17 bits per heavy atom. The highest BCUT2D eigenvalue weighted by atomic mass is 32.2. The highest BCUT2D eigenvalue weighted by Crippen LogP contribution is 2.29. The predicted molar refractivity (Wildman–Crippen MR) is 144 cm³/mol. The summed E-state index contributed by atoms with van der Waals surface area (Å²) < 4.78 is 7.62. The number of para-hydroxylation sites is 1. The zero-order valence-electron chi connectivity index (χ0n) is 20.3. The average Bonchev–Trinajstić information content (AvgIpc) is 3.37. The van der Waals surface area contributed by atoms with Crippen molar-refractivity contribution in [3.05, 3.63) is 84.9 Å². The van der Waals surface area contributed by atoms with E-state index in [9.17, 15) is 4.79 Å². The van der Waals surface area contributed by atoms with Crippen molar-refractivity contribution < 1.29 is 9.53 Å². The van der Waals surface area contributed by atoms with Crippen molar-refractivity contribution >= 4 is 23.4 Å². The van der Waals surface area contributed by atoms with Gasteiger partial charge in [-0.3, -0.25) is 9.36 Å². The number of aromatic nitrogens is 3. The highest BCUT2D eigenvalue weighted by molar-refractivity contribution is 7.99. The molecule has 7 nitrogen and oxygen atoms in total. The monoisotopic (exact) mass is 499 g/mol. The summed E-state index contributed by atoms with van der Waals surface area (Å²) in [6, 6.07) is 28.2. The Hall–Kier alpha value is -3.78. The first-order chi connectivity index (χ1) is 17.7. The number of carbonyl (C=O) groups excluding carboxylic acids is 1. The van der Waals surface area contributed by atoms with Gasteiger partial charge in [0.1, 0.15) is 5.75 Å². The first kappa shape index (κ1) is 23.9. The van der Waals surface area contributed by atoms with Crippen LogP contribution in [0.2, 0.25) is 0 Å². The van der Waals surface area contributed by atoms with Crippen LogP contribution in [-0.2, 0) is 4.79 Å². The van der Waals surface area contributed by atoms with Gasteiger partial charge in [-0.05, 0) is 43.3 Å². The van der Waals surface area contributed by atoms with E-state index in [4.69, 9.17) is 4.74 Å². The SMILES string of the molecule is CCOc1ccc(-n2c(SCC(=O)N3CCN(c4ccccc4)CC3)nnc2-c2ccccc2)cc1. The maximum absolute atomic E-state index is 13.1. The summed E-state index contributed by atoms with van der Waals surface area (Å²) in [5, 5.41) is 9.64. The van der Waals surface area contributed by atoms with Gasteiger partial charge in [-0.25, -0.2) is 0 Å². The minimum absolute atomic E-state index is 0.121. The molecule has 1 aliphatic rings. The highest BCUT2D eigenvalue weighted by Gasteiger charge is 2.23. The van der Waals surface area contributed by atoms with Gasteiger partial charge >= 0.3 is 0 Å². The van der Waals surface area contributed by atoms with E-state index < -0.39 is 0 Å². The Balaban J connectivity index is 1.30. The van der Waals surface area contributed by atoms with Gasteiger partial charge in [0.25, 0.3) is 0 Å². The van der Waals surface area contributed by atoms with Crippen LogP contribution in [0.4, 0.5) is 5.69 Å². The Bertz CT molecular complexity index is 1270. The first-order valence-corrected chi connectivity index (χ1v) is 13.2. The fraction of sp³-hybridized carbons (Fsp3) is 0.250. The first-order valence-electron chi connectivity index (χ1n) is 12.2. The zero-order valence-corrected chi connectivity index (χ0v) is 21.1. The summed E-state index contributed by atoms with van der Waals surface area (Å²) in [6.07, 6.45) is 0. The molecule has 0 saturated carbocycles. The molecule has 1 aliphatic heterocycles. The summed E-state index contributed by atoms with van der Waals surface area (Å²) in [4.78, 5) is 17.3. The van der Waals surface area contributed by atoms with Gasteiger partial charge in [-0.15, -0.1) is 10.2 Å². The molecular weight excluding hydrogens is 470 g/mol. The molecule has 0 bridgehead atoms. The van der Waals surface area contributed by atoms with Crippen molar-refractivity contribution in [3.63, 3.8) is 0 Å². The Morgan fingerprint density at radius 2 is 1.50 bits per heavy atom. The molecule has 0 N–H and O–H groups in total. The molecule has 3 aromatic carbocycles. The maximum atomic E-state index is 13.1. The van der Waals surface area contributed by atoms with Crippen LogP contribution in [0.5, 0.6) is 5.75 Å². The van der Waals surface area contributed by atoms with E-state index in [1.54, 1.807) is 0 Å². The molecule has 0 aliphatic carbocycles. The Kier molecular flexibility index (Phi) is 7.52. The van der Waals surface area contributed by atoms with Crippen LogP contribution >= 0.6 is 11.8 Å². The number of ether oxygens (including phenoxy) is 1. The third kappa shape index (κ3) is 5.39. The van der Waals surface area contributed by atoms with E-state index in [0.717, 1.165) is 49.0 Å².